The Morgan fingerprint density at radius 2 is 2.00 bits per heavy atom. The number of nitrogens with one attached hydrogen (secondary N) is 1. The van der Waals surface area contributed by atoms with Crippen LogP contribution in [0.4, 0.5) is 0 Å². The Morgan fingerprint density at radius 1 is 1.33 bits per heavy atom. The molecule has 0 spiro atoms. The number of carbonyl (C=O) groups excluding carboxylic acids is 1. The Kier molecular flexibility index (Phi) is 5.97. The fraction of sp³-hybridized carbons (Fsp3) is 0.909. The van der Waals surface area contributed by atoms with E-state index in [0.29, 0.717) is 0 Å². The van der Waals surface area contributed by atoms with Crippen molar-refractivity contribution in [2.24, 2.45) is 0 Å². The van der Waals surface area contributed by atoms with Crippen molar-refractivity contribution in [3.63, 3.8) is 0 Å². The number of hydrogen-bond acceptors (Lipinski definition) is 6. The monoisotopic (exact) mass is 263 g/mol. The molecule has 0 aromatic rings. The molecule has 1 heterocycles. The molecule has 1 amide bonds. The lowest BCUT2D eigenvalue weighted by atomic mass is 9.96. The molecular weight excluding hydrogens is 242 g/mol. The number of aliphatic hydroxyl groups is 1. The van der Waals surface area contributed by atoms with Crippen LogP contribution in [0.1, 0.15) is 6.92 Å². The third-order valence-corrected chi connectivity index (χ3v) is 2.88. The van der Waals surface area contributed by atoms with E-state index in [-0.39, 0.29) is 12.5 Å². The van der Waals surface area contributed by atoms with E-state index in [4.69, 9.17) is 18.9 Å². The van der Waals surface area contributed by atoms with Crippen molar-refractivity contribution in [1.29, 1.82) is 0 Å². The molecule has 1 fully saturated rings. The molecule has 0 unspecified atom stereocenters. The number of hydrogen-bond donors (Lipinski definition) is 2. The van der Waals surface area contributed by atoms with Gasteiger partial charge in [-0.15, -0.1) is 0 Å². The lowest BCUT2D eigenvalue weighted by Crippen LogP contribution is -2.65. The molecule has 5 atom stereocenters. The van der Waals surface area contributed by atoms with Gasteiger partial charge in [0.15, 0.2) is 6.29 Å². The summed E-state index contributed by atoms with van der Waals surface area (Å²) >= 11 is 0. The van der Waals surface area contributed by atoms with Crippen molar-refractivity contribution in [2.45, 2.75) is 37.6 Å². The second kappa shape index (κ2) is 7.01. The van der Waals surface area contributed by atoms with Crippen molar-refractivity contribution >= 4 is 5.91 Å². The smallest absolute Gasteiger partial charge is 0.217 e. The van der Waals surface area contributed by atoms with E-state index in [1.165, 1.54) is 28.3 Å². The zero-order valence-corrected chi connectivity index (χ0v) is 11.1. The second-order valence-corrected chi connectivity index (χ2v) is 4.15. The van der Waals surface area contributed by atoms with Crippen molar-refractivity contribution in [3.05, 3.63) is 0 Å². The van der Waals surface area contributed by atoms with E-state index in [2.05, 4.69) is 5.32 Å². The van der Waals surface area contributed by atoms with Crippen LogP contribution in [0.5, 0.6) is 0 Å². The van der Waals surface area contributed by atoms with E-state index < -0.39 is 30.6 Å². The SMILES string of the molecule is COC[C@@H]1O[C@H](OC)[C@@H](NC(C)=O)[C@H](OC)[C@@H]1O. The molecule has 7 heteroatoms. The van der Waals surface area contributed by atoms with Gasteiger partial charge in [-0.05, 0) is 0 Å². The Labute approximate surface area is 106 Å². The summed E-state index contributed by atoms with van der Waals surface area (Å²) in [5.41, 5.74) is 0. The van der Waals surface area contributed by atoms with Crippen molar-refractivity contribution in [1.82, 2.24) is 5.32 Å². The molecule has 106 valence electrons. The van der Waals surface area contributed by atoms with Crippen LogP contribution in [0.15, 0.2) is 0 Å². The summed E-state index contributed by atoms with van der Waals surface area (Å²) in [7, 11) is 4.44. The molecule has 0 aromatic carbocycles. The fourth-order valence-corrected chi connectivity index (χ4v) is 2.09. The molecule has 1 saturated heterocycles. The van der Waals surface area contributed by atoms with E-state index in [1.807, 2.05) is 0 Å². The molecule has 0 radical (unpaired) electrons. The zero-order chi connectivity index (χ0) is 13.7. The highest BCUT2D eigenvalue weighted by atomic mass is 16.7. The number of methoxy groups -OCH3 is 3. The van der Waals surface area contributed by atoms with Crippen LogP contribution in [0.2, 0.25) is 0 Å². The Balaban J connectivity index is 2.84. The summed E-state index contributed by atoms with van der Waals surface area (Å²) in [6.07, 6.45) is -2.77. The summed E-state index contributed by atoms with van der Waals surface area (Å²) in [6, 6.07) is -0.569. The van der Waals surface area contributed by atoms with Gasteiger partial charge in [0, 0.05) is 28.3 Å². The Bertz CT molecular complexity index is 274. The number of amides is 1. The van der Waals surface area contributed by atoms with Crippen molar-refractivity contribution in [2.75, 3.05) is 27.9 Å². The van der Waals surface area contributed by atoms with Crippen LogP contribution in [-0.2, 0) is 23.7 Å². The minimum atomic E-state index is -0.904. The molecule has 7 nitrogen and oxygen atoms in total. The molecular formula is C11H21NO6. The topological polar surface area (TPSA) is 86.2 Å². The highest BCUT2D eigenvalue weighted by Crippen LogP contribution is 2.24. The average Bonchev–Trinajstić information content (AvgIpc) is 2.32. The van der Waals surface area contributed by atoms with Gasteiger partial charge in [-0.2, -0.15) is 0 Å². The van der Waals surface area contributed by atoms with Gasteiger partial charge in [-0.3, -0.25) is 4.79 Å². The maximum absolute atomic E-state index is 11.2. The van der Waals surface area contributed by atoms with Gasteiger partial charge in [0.1, 0.15) is 24.4 Å². The summed E-state index contributed by atoms with van der Waals surface area (Å²) in [5.74, 6) is -0.245. The quantitative estimate of drug-likeness (QED) is 0.654. The van der Waals surface area contributed by atoms with E-state index in [0.717, 1.165) is 0 Å². The lowest BCUT2D eigenvalue weighted by Gasteiger charge is -2.43. The lowest BCUT2D eigenvalue weighted by molar-refractivity contribution is -0.267. The van der Waals surface area contributed by atoms with Crippen molar-refractivity contribution in [3.8, 4) is 0 Å². The summed E-state index contributed by atoms with van der Waals surface area (Å²) in [6.45, 7) is 1.60. The number of carbonyl (C=O) groups is 1. The molecule has 2 N–H and O–H groups in total. The van der Waals surface area contributed by atoms with Crippen LogP contribution in [0.25, 0.3) is 0 Å². The first-order chi connectivity index (χ1) is 8.54. The summed E-state index contributed by atoms with van der Waals surface area (Å²) in [4.78, 5) is 11.2. The third-order valence-electron chi connectivity index (χ3n) is 2.88. The molecule has 0 aliphatic carbocycles. The predicted molar refractivity (Wildman–Crippen MR) is 62.0 cm³/mol. The normalized spacial score (nSPS) is 36.4. The molecule has 1 aliphatic heterocycles. The van der Waals surface area contributed by atoms with Gasteiger partial charge in [0.2, 0.25) is 5.91 Å². The van der Waals surface area contributed by atoms with Gasteiger partial charge in [-0.1, -0.05) is 0 Å². The molecule has 0 saturated carbocycles. The Hall–Kier alpha value is -0.730. The van der Waals surface area contributed by atoms with E-state index in [9.17, 15) is 9.90 Å². The summed E-state index contributed by atoms with van der Waals surface area (Å²) in [5, 5.41) is 12.8. The molecule has 18 heavy (non-hydrogen) atoms. The molecule has 0 bridgehead atoms. The molecule has 0 aromatic heterocycles. The standard InChI is InChI=1S/C11H21NO6/c1-6(13)12-8-10(16-3)9(14)7(5-15-2)18-11(8)17-4/h7-11,14H,5H2,1-4H3,(H,12,13)/t7-,8-,9+,10-,11-/m0/s1. The number of ether oxygens (including phenoxy) is 4. The predicted octanol–water partition coefficient (Wildman–Crippen LogP) is -1.12. The Morgan fingerprint density at radius 3 is 2.44 bits per heavy atom. The minimum absolute atomic E-state index is 0.216. The van der Waals surface area contributed by atoms with Crippen molar-refractivity contribution < 1.29 is 28.8 Å². The first-order valence-electron chi connectivity index (χ1n) is 5.70. The van der Waals surface area contributed by atoms with Crippen LogP contribution in [0.3, 0.4) is 0 Å². The maximum atomic E-state index is 11.2. The van der Waals surface area contributed by atoms with E-state index in [1.54, 1.807) is 0 Å². The third kappa shape index (κ3) is 3.39. The van der Waals surface area contributed by atoms with Gasteiger partial charge in [0.05, 0.1) is 6.61 Å². The summed E-state index contributed by atoms with van der Waals surface area (Å²) < 4.78 is 20.9. The highest BCUT2D eigenvalue weighted by Gasteiger charge is 2.46. The largest absolute Gasteiger partial charge is 0.388 e. The van der Waals surface area contributed by atoms with Crippen LogP contribution >= 0.6 is 0 Å². The highest BCUT2D eigenvalue weighted by molar-refractivity contribution is 5.73. The van der Waals surface area contributed by atoms with Crippen LogP contribution in [0, 0.1) is 0 Å². The van der Waals surface area contributed by atoms with Gasteiger partial charge >= 0.3 is 0 Å². The van der Waals surface area contributed by atoms with Gasteiger partial charge < -0.3 is 29.4 Å². The van der Waals surface area contributed by atoms with Crippen LogP contribution < -0.4 is 5.32 Å². The first kappa shape index (κ1) is 15.3. The fourth-order valence-electron chi connectivity index (χ4n) is 2.09. The minimum Gasteiger partial charge on any atom is -0.388 e. The molecule has 1 aliphatic rings. The molecule has 1 rings (SSSR count). The first-order valence-corrected chi connectivity index (χ1v) is 5.70. The van der Waals surface area contributed by atoms with Crippen LogP contribution in [-0.4, -0.2) is 69.6 Å². The second-order valence-electron chi connectivity index (χ2n) is 4.15. The van der Waals surface area contributed by atoms with Gasteiger partial charge in [0.25, 0.3) is 0 Å². The number of aliphatic hydroxyl groups excluding tert-OH is 1. The maximum Gasteiger partial charge on any atom is 0.217 e. The van der Waals surface area contributed by atoms with Gasteiger partial charge in [-0.25, -0.2) is 0 Å². The van der Waals surface area contributed by atoms with E-state index >= 15 is 0 Å². The average molecular weight is 263 g/mol. The zero-order valence-electron chi connectivity index (χ0n) is 11.1. The number of rotatable bonds is 5.